The van der Waals surface area contributed by atoms with Crippen LogP contribution in [-0.4, -0.2) is 28.8 Å². The molecule has 0 saturated carbocycles. The third-order valence-corrected chi connectivity index (χ3v) is 6.88. The molecule has 0 aromatic heterocycles. The molecule has 5 nitrogen and oxygen atoms in total. The number of hydrazone groups is 1. The van der Waals surface area contributed by atoms with Crippen LogP contribution in [-0.2, 0) is 0 Å². The number of aryl methyl sites for hydroxylation is 1. The molecule has 0 fully saturated rings. The van der Waals surface area contributed by atoms with Crippen molar-refractivity contribution in [3.8, 4) is 5.75 Å². The molecule has 0 spiro atoms. The number of phenols is 1. The number of rotatable bonds is 4. The minimum absolute atomic E-state index is 0.0941. The second-order valence-electron chi connectivity index (χ2n) is 9.13. The third kappa shape index (κ3) is 4.82. The highest BCUT2D eigenvalue weighted by molar-refractivity contribution is 9.11. The van der Waals surface area contributed by atoms with E-state index < -0.39 is 5.91 Å². The van der Waals surface area contributed by atoms with Crippen LogP contribution in [0.25, 0.3) is 0 Å². The van der Waals surface area contributed by atoms with E-state index in [2.05, 4.69) is 101 Å². The van der Waals surface area contributed by atoms with Crippen molar-refractivity contribution in [2.45, 2.75) is 65.5 Å². The first-order valence-corrected chi connectivity index (χ1v) is 12.0. The lowest BCUT2D eigenvalue weighted by molar-refractivity contribution is 0.0952. The first-order chi connectivity index (χ1) is 14.4. The zero-order valence-electron chi connectivity index (χ0n) is 18.8. The molecule has 1 unspecified atom stereocenters. The van der Waals surface area contributed by atoms with Crippen molar-refractivity contribution in [2.75, 3.05) is 4.90 Å². The highest BCUT2D eigenvalue weighted by Crippen LogP contribution is 2.45. The van der Waals surface area contributed by atoms with Gasteiger partial charge in [0, 0.05) is 21.7 Å². The number of amides is 1. The molecular formula is C24H29Br2N3O2. The quantitative estimate of drug-likeness (QED) is 0.338. The summed E-state index contributed by atoms with van der Waals surface area (Å²) in [6.07, 6.45) is 2.75. The van der Waals surface area contributed by atoms with Crippen LogP contribution in [0.5, 0.6) is 5.75 Å². The van der Waals surface area contributed by atoms with E-state index in [9.17, 15) is 9.90 Å². The third-order valence-electron chi connectivity index (χ3n) is 5.82. The number of anilines is 1. The van der Waals surface area contributed by atoms with Crippen molar-refractivity contribution in [3.05, 3.63) is 55.5 Å². The number of fused-ring (bicyclic) bond motifs is 1. The average molecular weight is 551 g/mol. The molecule has 1 aliphatic rings. The Morgan fingerprint density at radius 2 is 1.97 bits per heavy atom. The second kappa shape index (κ2) is 8.94. The first kappa shape index (κ1) is 23.8. The van der Waals surface area contributed by atoms with Gasteiger partial charge in [-0.05, 0) is 104 Å². The molecule has 0 radical (unpaired) electrons. The van der Waals surface area contributed by atoms with Crippen molar-refractivity contribution in [1.29, 1.82) is 0 Å². The molecule has 1 atom stereocenters. The number of nitrogens with zero attached hydrogens (tertiary/aromatic N) is 2. The molecule has 1 amide bonds. The van der Waals surface area contributed by atoms with Crippen LogP contribution in [0, 0.1) is 6.92 Å². The Kier molecular flexibility index (Phi) is 6.87. The lowest BCUT2D eigenvalue weighted by atomic mass is 9.78. The summed E-state index contributed by atoms with van der Waals surface area (Å²) < 4.78 is 1.12. The Hall–Kier alpha value is -1.86. The Labute approximate surface area is 201 Å². The lowest BCUT2D eigenvalue weighted by Gasteiger charge is -2.50. The number of phenolic OH excluding ortho intramolecular Hbond substituents is 1. The van der Waals surface area contributed by atoms with E-state index in [1.54, 1.807) is 18.3 Å². The highest BCUT2D eigenvalue weighted by Gasteiger charge is 2.37. The number of halogens is 2. The van der Waals surface area contributed by atoms with Crippen LogP contribution in [0.2, 0.25) is 0 Å². The number of nitrogens with one attached hydrogen (secondary N) is 1. The van der Waals surface area contributed by atoms with E-state index in [1.807, 2.05) is 0 Å². The molecule has 1 heterocycles. The molecule has 7 heteroatoms. The monoisotopic (exact) mass is 549 g/mol. The SMILES string of the molecule is Cc1cc2c(cc1/C=N/NC(=O)c1cc(Br)cc(Br)c1O)C(C)CC(C)(C)N2C(C)C. The van der Waals surface area contributed by atoms with E-state index in [4.69, 9.17) is 0 Å². The van der Waals surface area contributed by atoms with Gasteiger partial charge in [-0.3, -0.25) is 4.79 Å². The fourth-order valence-electron chi connectivity index (χ4n) is 4.69. The zero-order valence-corrected chi connectivity index (χ0v) is 21.9. The van der Waals surface area contributed by atoms with Gasteiger partial charge in [0.25, 0.3) is 5.91 Å². The van der Waals surface area contributed by atoms with Gasteiger partial charge in [-0.15, -0.1) is 0 Å². The van der Waals surface area contributed by atoms with Crippen LogP contribution < -0.4 is 10.3 Å². The molecule has 0 aliphatic carbocycles. The maximum Gasteiger partial charge on any atom is 0.275 e. The van der Waals surface area contributed by atoms with Gasteiger partial charge in [0.2, 0.25) is 0 Å². The van der Waals surface area contributed by atoms with Crippen LogP contribution >= 0.6 is 31.9 Å². The molecule has 2 aromatic carbocycles. The molecular weight excluding hydrogens is 522 g/mol. The van der Waals surface area contributed by atoms with Crippen LogP contribution in [0.1, 0.15) is 74.0 Å². The molecule has 1 aliphatic heterocycles. The number of carbonyl (C=O) groups excluding carboxylic acids is 1. The smallest absolute Gasteiger partial charge is 0.275 e. The predicted octanol–water partition coefficient (Wildman–Crippen LogP) is 6.49. The number of aromatic hydroxyl groups is 1. The van der Waals surface area contributed by atoms with Crippen molar-refractivity contribution in [1.82, 2.24) is 5.43 Å². The zero-order chi connectivity index (χ0) is 23.1. The molecule has 0 saturated heterocycles. The van der Waals surface area contributed by atoms with E-state index in [0.29, 0.717) is 20.9 Å². The molecule has 2 aromatic rings. The van der Waals surface area contributed by atoms with E-state index in [0.717, 1.165) is 17.5 Å². The average Bonchev–Trinajstić information content (AvgIpc) is 2.64. The molecule has 31 heavy (non-hydrogen) atoms. The first-order valence-electron chi connectivity index (χ1n) is 10.4. The molecule has 0 bridgehead atoms. The topological polar surface area (TPSA) is 64.9 Å². The Morgan fingerprint density at radius 3 is 2.61 bits per heavy atom. The summed E-state index contributed by atoms with van der Waals surface area (Å²) in [5.74, 6) is -0.170. The van der Waals surface area contributed by atoms with E-state index in [-0.39, 0.29) is 16.9 Å². The van der Waals surface area contributed by atoms with Gasteiger partial charge in [0.15, 0.2) is 0 Å². The van der Waals surface area contributed by atoms with Crippen LogP contribution in [0.4, 0.5) is 5.69 Å². The fraction of sp³-hybridized carbons (Fsp3) is 0.417. The van der Waals surface area contributed by atoms with Crippen LogP contribution in [0.15, 0.2) is 38.3 Å². The van der Waals surface area contributed by atoms with Crippen molar-refractivity contribution >= 4 is 49.7 Å². The number of benzene rings is 2. The van der Waals surface area contributed by atoms with Gasteiger partial charge in [-0.1, -0.05) is 22.9 Å². The normalized spacial score (nSPS) is 17.8. The summed E-state index contributed by atoms with van der Waals surface area (Å²) in [5, 5.41) is 14.3. The maximum absolute atomic E-state index is 12.5. The summed E-state index contributed by atoms with van der Waals surface area (Å²) in [4.78, 5) is 15.0. The van der Waals surface area contributed by atoms with Crippen molar-refractivity contribution < 1.29 is 9.90 Å². The lowest BCUT2D eigenvalue weighted by Crippen LogP contribution is -2.51. The van der Waals surface area contributed by atoms with Gasteiger partial charge < -0.3 is 10.0 Å². The van der Waals surface area contributed by atoms with Gasteiger partial charge in [0.1, 0.15) is 5.75 Å². The molecule has 3 rings (SSSR count). The fourth-order valence-corrected chi connectivity index (χ4v) is 5.92. The van der Waals surface area contributed by atoms with Gasteiger partial charge >= 0.3 is 0 Å². The summed E-state index contributed by atoms with van der Waals surface area (Å²) in [7, 11) is 0. The largest absolute Gasteiger partial charge is 0.506 e. The van der Waals surface area contributed by atoms with Crippen LogP contribution in [0.3, 0.4) is 0 Å². The Balaban J connectivity index is 1.88. The van der Waals surface area contributed by atoms with E-state index >= 15 is 0 Å². The molecule has 2 N–H and O–H groups in total. The minimum Gasteiger partial charge on any atom is -0.506 e. The van der Waals surface area contributed by atoms with Crippen molar-refractivity contribution in [3.63, 3.8) is 0 Å². The Bertz CT molecular complexity index is 1050. The highest BCUT2D eigenvalue weighted by atomic mass is 79.9. The Morgan fingerprint density at radius 1 is 1.29 bits per heavy atom. The predicted molar refractivity (Wildman–Crippen MR) is 134 cm³/mol. The summed E-state index contributed by atoms with van der Waals surface area (Å²) in [6, 6.07) is 8.04. The number of hydrogen-bond donors (Lipinski definition) is 2. The minimum atomic E-state index is -0.479. The number of hydrogen-bond acceptors (Lipinski definition) is 4. The summed E-state index contributed by atoms with van der Waals surface area (Å²) >= 11 is 6.57. The second-order valence-corrected chi connectivity index (χ2v) is 10.9. The van der Waals surface area contributed by atoms with E-state index in [1.165, 1.54) is 11.3 Å². The summed E-state index contributed by atoms with van der Waals surface area (Å²) in [5.41, 5.74) is 7.41. The number of carbonyl (C=O) groups is 1. The van der Waals surface area contributed by atoms with Gasteiger partial charge in [-0.2, -0.15) is 5.10 Å². The van der Waals surface area contributed by atoms with Gasteiger partial charge in [-0.25, -0.2) is 5.43 Å². The molecule has 166 valence electrons. The summed E-state index contributed by atoms with van der Waals surface area (Å²) in [6.45, 7) is 13.4. The van der Waals surface area contributed by atoms with Crippen molar-refractivity contribution in [2.24, 2.45) is 5.10 Å². The standard InChI is InChI=1S/C24H29Br2N3O2/c1-13(2)29-21-7-14(3)16(8-18(21)15(4)11-24(29,5)6)12-27-28-23(31)19-9-17(25)10-20(26)22(19)30/h7-10,12-13,15,30H,11H2,1-6H3,(H,28,31)/b27-12+. The van der Waals surface area contributed by atoms with Gasteiger partial charge in [0.05, 0.1) is 16.3 Å². The maximum atomic E-state index is 12.5.